The van der Waals surface area contributed by atoms with Gasteiger partial charge in [-0.1, -0.05) is 6.92 Å². The molecule has 78 valence electrons. The lowest BCUT2D eigenvalue weighted by Crippen LogP contribution is -2.30. The fourth-order valence-electron chi connectivity index (χ4n) is 1.64. The van der Waals surface area contributed by atoms with Crippen LogP contribution in [-0.2, 0) is 0 Å². The van der Waals surface area contributed by atoms with Gasteiger partial charge in [0, 0.05) is 0 Å². The highest BCUT2D eigenvalue weighted by atomic mass is 19.4. The first-order valence-corrected chi connectivity index (χ1v) is 3.78. The van der Waals surface area contributed by atoms with Gasteiger partial charge in [-0.15, -0.1) is 0 Å². The molecule has 2 atom stereocenters. The molecular weight excluding hydrogens is 198 g/mol. The summed E-state index contributed by atoms with van der Waals surface area (Å²) < 4.78 is 72.4. The maximum atomic E-state index is 12.2. The van der Waals surface area contributed by atoms with Crippen molar-refractivity contribution in [1.82, 2.24) is 0 Å². The lowest BCUT2D eigenvalue weighted by molar-refractivity contribution is -0.225. The van der Waals surface area contributed by atoms with Gasteiger partial charge in [0.15, 0.2) is 0 Å². The Bertz CT molecular complexity index is 202. The highest BCUT2D eigenvalue weighted by Crippen LogP contribution is 2.69. The quantitative estimate of drug-likeness (QED) is 0.575. The molecule has 0 radical (unpaired) electrons. The summed E-state index contributed by atoms with van der Waals surface area (Å²) in [6, 6.07) is 0. The lowest BCUT2D eigenvalue weighted by Gasteiger charge is -2.20. The predicted octanol–water partition coefficient (Wildman–Crippen LogP) is 3.53. The summed E-state index contributed by atoms with van der Waals surface area (Å²) in [5, 5.41) is 0. The van der Waals surface area contributed by atoms with Gasteiger partial charge in [-0.25, -0.2) is 0 Å². The fraction of sp³-hybridized carbons (Fsp3) is 1.00. The molecule has 0 nitrogen and oxygen atoms in total. The molecule has 0 N–H and O–H groups in total. The first-order valence-electron chi connectivity index (χ1n) is 3.78. The second kappa shape index (κ2) is 2.54. The second-order valence-corrected chi connectivity index (χ2v) is 3.31. The monoisotopic (exact) mass is 206 g/mol. The van der Waals surface area contributed by atoms with Crippen LogP contribution in [0.2, 0.25) is 0 Å². The summed E-state index contributed by atoms with van der Waals surface area (Å²) in [6.07, 6.45) is -10.8. The van der Waals surface area contributed by atoms with Crippen LogP contribution in [0.3, 0.4) is 0 Å². The van der Waals surface area contributed by atoms with Crippen LogP contribution in [0.25, 0.3) is 0 Å². The third kappa shape index (κ3) is 1.50. The largest absolute Gasteiger partial charge is 0.395 e. The Kier molecular flexibility index (Phi) is 2.08. The van der Waals surface area contributed by atoms with Gasteiger partial charge in [0.25, 0.3) is 0 Å². The van der Waals surface area contributed by atoms with Crippen molar-refractivity contribution < 1.29 is 26.3 Å². The fourth-order valence-corrected chi connectivity index (χ4v) is 1.64. The third-order valence-electron chi connectivity index (χ3n) is 2.67. The van der Waals surface area contributed by atoms with E-state index in [9.17, 15) is 26.3 Å². The van der Waals surface area contributed by atoms with Gasteiger partial charge in [0.1, 0.15) is 0 Å². The Morgan fingerprint density at radius 2 is 1.62 bits per heavy atom. The lowest BCUT2D eigenvalue weighted by atomic mass is 9.99. The minimum Gasteiger partial charge on any atom is -0.171 e. The summed E-state index contributed by atoms with van der Waals surface area (Å²) in [6.45, 7) is 1.14. The first kappa shape index (κ1) is 10.7. The molecule has 6 heteroatoms. The average Bonchev–Trinajstić information content (AvgIpc) is 2.57. The molecule has 1 aliphatic rings. The zero-order chi connectivity index (χ0) is 10.5. The van der Waals surface area contributed by atoms with Gasteiger partial charge in [-0.05, 0) is 12.8 Å². The molecule has 0 aliphatic heterocycles. The van der Waals surface area contributed by atoms with E-state index in [1.807, 2.05) is 0 Å². The maximum absolute atomic E-state index is 12.2. The normalized spacial score (nSPS) is 34.8. The van der Waals surface area contributed by atoms with E-state index in [0.717, 1.165) is 6.92 Å². The van der Waals surface area contributed by atoms with E-state index >= 15 is 0 Å². The summed E-state index contributed by atoms with van der Waals surface area (Å²) in [4.78, 5) is 0. The van der Waals surface area contributed by atoms with E-state index < -0.39 is 36.5 Å². The summed E-state index contributed by atoms with van der Waals surface area (Å²) >= 11 is 0. The number of alkyl halides is 6. The van der Waals surface area contributed by atoms with Crippen molar-refractivity contribution in [3.8, 4) is 0 Å². The van der Waals surface area contributed by atoms with Crippen LogP contribution >= 0.6 is 0 Å². The molecule has 13 heavy (non-hydrogen) atoms. The minimum atomic E-state index is -4.73. The first-order chi connectivity index (χ1) is 5.65. The van der Waals surface area contributed by atoms with E-state index in [1.54, 1.807) is 0 Å². The van der Waals surface area contributed by atoms with E-state index in [1.165, 1.54) is 0 Å². The van der Waals surface area contributed by atoms with Gasteiger partial charge >= 0.3 is 12.4 Å². The number of hydrogen-bond acceptors (Lipinski definition) is 0. The Hall–Kier alpha value is -0.420. The standard InChI is InChI=1S/C7H8F6/c1-2-5(7(11,12)13)3-4(5)6(8,9)10/h4H,2-3H2,1H3. The Labute approximate surface area is 70.9 Å². The highest BCUT2D eigenvalue weighted by Gasteiger charge is 2.76. The summed E-state index contributed by atoms with van der Waals surface area (Å²) in [7, 11) is 0. The topological polar surface area (TPSA) is 0 Å². The van der Waals surface area contributed by atoms with Gasteiger partial charge in [-0.3, -0.25) is 0 Å². The molecule has 2 unspecified atom stereocenters. The summed E-state index contributed by atoms with van der Waals surface area (Å²) in [5.41, 5.74) is -2.49. The predicted molar refractivity (Wildman–Crippen MR) is 32.9 cm³/mol. The van der Waals surface area contributed by atoms with Gasteiger partial charge in [-0.2, -0.15) is 26.3 Å². The van der Waals surface area contributed by atoms with Crippen LogP contribution in [0.1, 0.15) is 19.8 Å². The van der Waals surface area contributed by atoms with Crippen molar-refractivity contribution in [3.05, 3.63) is 0 Å². The highest BCUT2D eigenvalue weighted by molar-refractivity contribution is 5.09. The molecule has 0 aromatic carbocycles. The number of halogens is 6. The van der Waals surface area contributed by atoms with Crippen molar-refractivity contribution >= 4 is 0 Å². The zero-order valence-electron chi connectivity index (χ0n) is 6.76. The van der Waals surface area contributed by atoms with Crippen LogP contribution in [0.4, 0.5) is 26.3 Å². The van der Waals surface area contributed by atoms with Crippen molar-refractivity contribution in [2.24, 2.45) is 11.3 Å². The zero-order valence-corrected chi connectivity index (χ0v) is 6.76. The molecule has 1 fully saturated rings. The smallest absolute Gasteiger partial charge is 0.171 e. The van der Waals surface area contributed by atoms with E-state index in [0.29, 0.717) is 0 Å². The van der Waals surface area contributed by atoms with E-state index in [4.69, 9.17) is 0 Å². The van der Waals surface area contributed by atoms with E-state index in [2.05, 4.69) is 0 Å². The number of hydrogen-bond donors (Lipinski definition) is 0. The average molecular weight is 206 g/mol. The molecule has 1 rings (SSSR count). The van der Waals surface area contributed by atoms with Crippen molar-refractivity contribution in [1.29, 1.82) is 0 Å². The molecule has 0 saturated heterocycles. The van der Waals surface area contributed by atoms with E-state index in [-0.39, 0.29) is 0 Å². The maximum Gasteiger partial charge on any atom is 0.395 e. The van der Waals surface area contributed by atoms with Crippen LogP contribution in [-0.4, -0.2) is 12.4 Å². The van der Waals surface area contributed by atoms with Gasteiger partial charge in [0.05, 0.1) is 11.3 Å². The van der Waals surface area contributed by atoms with Crippen LogP contribution in [0.5, 0.6) is 0 Å². The third-order valence-corrected chi connectivity index (χ3v) is 2.67. The SMILES string of the molecule is CCC1(C(F)(F)F)CC1C(F)(F)F. The van der Waals surface area contributed by atoms with Crippen molar-refractivity contribution in [2.45, 2.75) is 32.1 Å². The molecule has 0 aromatic rings. The molecule has 0 heterocycles. The Balaban J connectivity index is 2.82. The van der Waals surface area contributed by atoms with Crippen LogP contribution < -0.4 is 0 Å². The minimum absolute atomic E-state index is 0.499. The van der Waals surface area contributed by atoms with Crippen molar-refractivity contribution in [3.63, 3.8) is 0 Å². The van der Waals surface area contributed by atoms with Crippen LogP contribution in [0.15, 0.2) is 0 Å². The van der Waals surface area contributed by atoms with Gasteiger partial charge < -0.3 is 0 Å². The molecule has 0 bridgehead atoms. The molecule has 0 spiro atoms. The molecule has 1 aliphatic carbocycles. The van der Waals surface area contributed by atoms with Crippen molar-refractivity contribution in [2.75, 3.05) is 0 Å². The van der Waals surface area contributed by atoms with Gasteiger partial charge in [0.2, 0.25) is 0 Å². The molecule has 0 aromatic heterocycles. The Morgan fingerprint density at radius 3 is 1.69 bits per heavy atom. The molecular formula is C7H8F6. The number of rotatable bonds is 1. The van der Waals surface area contributed by atoms with Crippen LogP contribution in [0, 0.1) is 11.3 Å². The molecule has 0 amide bonds. The molecule has 1 saturated carbocycles. The Morgan fingerprint density at radius 1 is 1.15 bits per heavy atom. The summed E-state index contributed by atoms with van der Waals surface area (Å²) in [5.74, 6) is -2.19. The second-order valence-electron chi connectivity index (χ2n) is 3.31.